The van der Waals surface area contributed by atoms with Gasteiger partial charge in [0.25, 0.3) is 5.56 Å². The number of nitrogen functional groups attached to an aromatic ring is 1. The van der Waals surface area contributed by atoms with Crippen LogP contribution in [-0.4, -0.2) is 15.6 Å². The van der Waals surface area contributed by atoms with Crippen LogP contribution in [0.5, 0.6) is 0 Å². The highest BCUT2D eigenvalue weighted by molar-refractivity contribution is 5.38. The Bertz CT molecular complexity index is 927. The van der Waals surface area contributed by atoms with Crippen molar-refractivity contribution < 1.29 is 0 Å². The van der Waals surface area contributed by atoms with Crippen LogP contribution in [0.2, 0.25) is 0 Å². The van der Waals surface area contributed by atoms with Crippen LogP contribution in [-0.2, 0) is 13.0 Å². The Kier molecular flexibility index (Phi) is 4.31. The zero-order valence-corrected chi connectivity index (χ0v) is 14.7. The lowest BCUT2D eigenvalue weighted by Gasteiger charge is -2.27. The third kappa shape index (κ3) is 2.91. The Balaban J connectivity index is 1.94. The van der Waals surface area contributed by atoms with Crippen molar-refractivity contribution in [1.29, 1.82) is 0 Å². The number of rotatable bonds is 3. The molecule has 5 nitrogen and oxygen atoms in total. The highest BCUT2D eigenvalue weighted by Gasteiger charge is 2.26. The molecular weight excluding hydrogens is 324 g/mol. The second-order valence-electron chi connectivity index (χ2n) is 6.78. The van der Waals surface area contributed by atoms with Crippen molar-refractivity contribution in [3.63, 3.8) is 0 Å². The summed E-state index contributed by atoms with van der Waals surface area (Å²) < 4.78 is 1.63. The highest BCUT2D eigenvalue weighted by atomic mass is 16.1. The summed E-state index contributed by atoms with van der Waals surface area (Å²) in [4.78, 5) is 17.9. The molecule has 1 unspecified atom stereocenters. The first-order valence-corrected chi connectivity index (χ1v) is 8.88. The minimum Gasteiger partial charge on any atom is -0.369 e. The monoisotopic (exact) mass is 346 g/mol. The van der Waals surface area contributed by atoms with E-state index in [-0.39, 0.29) is 17.5 Å². The first kappa shape index (κ1) is 16.5. The summed E-state index contributed by atoms with van der Waals surface area (Å²) in [5.41, 5.74) is 9.78. The molecule has 0 saturated heterocycles. The Morgan fingerprint density at radius 3 is 2.23 bits per heavy atom. The first-order valence-electron chi connectivity index (χ1n) is 8.88. The van der Waals surface area contributed by atoms with Gasteiger partial charge in [-0.15, -0.1) is 0 Å². The van der Waals surface area contributed by atoms with Gasteiger partial charge in [0.05, 0.1) is 17.3 Å². The van der Waals surface area contributed by atoms with E-state index in [0.717, 1.165) is 23.2 Å². The molecule has 2 aromatic carbocycles. The molecule has 0 aliphatic carbocycles. The molecule has 0 bridgehead atoms. The Morgan fingerprint density at radius 2 is 1.65 bits per heavy atom. The van der Waals surface area contributed by atoms with Crippen molar-refractivity contribution in [1.82, 2.24) is 14.9 Å². The lowest BCUT2D eigenvalue weighted by atomic mass is 9.97. The third-order valence-electron chi connectivity index (χ3n) is 4.94. The van der Waals surface area contributed by atoms with E-state index in [4.69, 9.17) is 5.73 Å². The molecule has 0 amide bonds. The normalized spacial score (nSPS) is 16.5. The summed E-state index contributed by atoms with van der Waals surface area (Å²) in [6.45, 7) is 2.61. The number of hydrogen-bond acceptors (Lipinski definition) is 4. The van der Waals surface area contributed by atoms with Crippen molar-refractivity contribution >= 4 is 5.95 Å². The van der Waals surface area contributed by atoms with Gasteiger partial charge in [-0.1, -0.05) is 60.7 Å². The molecule has 0 saturated carbocycles. The van der Waals surface area contributed by atoms with Gasteiger partial charge in [-0.05, 0) is 18.1 Å². The van der Waals surface area contributed by atoms with Gasteiger partial charge in [-0.2, -0.15) is 0 Å². The molecule has 1 atom stereocenters. The second-order valence-corrected chi connectivity index (χ2v) is 6.78. The van der Waals surface area contributed by atoms with Crippen molar-refractivity contribution in [2.45, 2.75) is 32.0 Å². The molecule has 3 N–H and O–H groups in total. The van der Waals surface area contributed by atoms with Crippen LogP contribution in [0, 0.1) is 0 Å². The third-order valence-corrected chi connectivity index (χ3v) is 4.94. The van der Waals surface area contributed by atoms with Crippen LogP contribution in [0.1, 0.15) is 35.3 Å². The van der Waals surface area contributed by atoms with Gasteiger partial charge < -0.3 is 11.1 Å². The number of anilines is 1. The fourth-order valence-corrected chi connectivity index (χ4v) is 3.63. The SMILES string of the molecule is CC1Cc2nc(N)n(C(c3ccccc3)c3ccccc3)c(=O)c2CN1. The molecule has 3 aromatic rings. The van der Waals surface area contributed by atoms with Crippen LogP contribution in [0.4, 0.5) is 5.95 Å². The molecule has 0 fully saturated rings. The van der Waals surface area contributed by atoms with E-state index in [2.05, 4.69) is 17.2 Å². The van der Waals surface area contributed by atoms with Gasteiger partial charge in [-0.3, -0.25) is 9.36 Å². The lowest BCUT2D eigenvalue weighted by molar-refractivity contribution is 0.490. The molecule has 2 heterocycles. The zero-order chi connectivity index (χ0) is 18.1. The van der Waals surface area contributed by atoms with E-state index in [1.165, 1.54) is 0 Å². The number of hydrogen-bond donors (Lipinski definition) is 2. The van der Waals surface area contributed by atoms with Crippen molar-refractivity contribution in [3.05, 3.63) is 93.4 Å². The smallest absolute Gasteiger partial charge is 0.260 e. The molecule has 26 heavy (non-hydrogen) atoms. The number of benzene rings is 2. The molecule has 0 spiro atoms. The van der Waals surface area contributed by atoms with Crippen molar-refractivity contribution in [3.8, 4) is 0 Å². The Labute approximate surface area is 152 Å². The molecule has 5 heteroatoms. The number of nitrogens with two attached hydrogens (primary N) is 1. The van der Waals surface area contributed by atoms with Crippen LogP contribution in [0.25, 0.3) is 0 Å². The predicted octanol–water partition coefficient (Wildman–Crippen LogP) is 2.50. The van der Waals surface area contributed by atoms with Crippen molar-refractivity contribution in [2.75, 3.05) is 5.73 Å². The maximum absolute atomic E-state index is 13.3. The summed E-state index contributed by atoms with van der Waals surface area (Å²) in [5, 5.41) is 3.35. The molecule has 4 rings (SSSR count). The Hall–Kier alpha value is -2.92. The van der Waals surface area contributed by atoms with Crippen LogP contribution in [0.3, 0.4) is 0 Å². The van der Waals surface area contributed by atoms with Gasteiger partial charge in [0.2, 0.25) is 5.95 Å². The molecular formula is C21H22N4O. The van der Waals surface area contributed by atoms with Gasteiger partial charge in [-0.25, -0.2) is 4.98 Å². The molecule has 132 valence electrons. The number of nitrogens with one attached hydrogen (secondary N) is 1. The topological polar surface area (TPSA) is 72.9 Å². The van der Waals surface area contributed by atoms with Crippen molar-refractivity contribution in [2.24, 2.45) is 0 Å². The number of nitrogens with zero attached hydrogens (tertiary/aromatic N) is 2. The fraction of sp³-hybridized carbons (Fsp3) is 0.238. The van der Waals surface area contributed by atoms with Gasteiger partial charge in [0, 0.05) is 19.0 Å². The second kappa shape index (κ2) is 6.77. The average molecular weight is 346 g/mol. The van der Waals surface area contributed by atoms with Gasteiger partial charge >= 0.3 is 0 Å². The van der Waals surface area contributed by atoms with Crippen LogP contribution >= 0.6 is 0 Å². The average Bonchev–Trinajstić information content (AvgIpc) is 2.66. The largest absolute Gasteiger partial charge is 0.369 e. The first-order chi connectivity index (χ1) is 12.6. The van der Waals surface area contributed by atoms with E-state index >= 15 is 0 Å². The van der Waals surface area contributed by atoms with Crippen LogP contribution < -0.4 is 16.6 Å². The van der Waals surface area contributed by atoms with E-state index < -0.39 is 0 Å². The summed E-state index contributed by atoms with van der Waals surface area (Å²) in [6, 6.07) is 19.9. The Morgan fingerprint density at radius 1 is 1.08 bits per heavy atom. The molecule has 1 aromatic heterocycles. The standard InChI is InChI=1S/C21H22N4O/c1-14-12-18-17(13-23-14)20(26)25(21(22)24-18)19(15-8-4-2-5-9-15)16-10-6-3-7-11-16/h2-11,14,19,23H,12-13H2,1H3,(H2,22,24). The van der Waals surface area contributed by atoms with Gasteiger partial charge in [0.1, 0.15) is 0 Å². The van der Waals surface area contributed by atoms with Crippen LogP contribution in [0.15, 0.2) is 65.5 Å². The fourth-order valence-electron chi connectivity index (χ4n) is 3.63. The minimum absolute atomic E-state index is 0.0652. The van der Waals surface area contributed by atoms with E-state index in [1.807, 2.05) is 60.7 Å². The zero-order valence-electron chi connectivity index (χ0n) is 14.7. The van der Waals surface area contributed by atoms with E-state index in [0.29, 0.717) is 18.2 Å². The summed E-state index contributed by atoms with van der Waals surface area (Å²) in [7, 11) is 0. The molecule has 1 aliphatic heterocycles. The summed E-state index contributed by atoms with van der Waals surface area (Å²) in [6.07, 6.45) is 0.719. The maximum Gasteiger partial charge on any atom is 0.260 e. The number of aromatic nitrogens is 2. The number of fused-ring (bicyclic) bond motifs is 1. The summed E-state index contributed by atoms with van der Waals surface area (Å²) >= 11 is 0. The molecule has 0 radical (unpaired) electrons. The van der Waals surface area contributed by atoms with E-state index in [9.17, 15) is 4.79 Å². The van der Waals surface area contributed by atoms with Gasteiger partial charge in [0.15, 0.2) is 0 Å². The molecule has 1 aliphatic rings. The maximum atomic E-state index is 13.3. The summed E-state index contributed by atoms with van der Waals surface area (Å²) in [5.74, 6) is 0.264. The highest BCUT2D eigenvalue weighted by Crippen LogP contribution is 2.27. The quantitative estimate of drug-likeness (QED) is 0.764. The minimum atomic E-state index is -0.304. The predicted molar refractivity (Wildman–Crippen MR) is 103 cm³/mol. The van der Waals surface area contributed by atoms with E-state index in [1.54, 1.807) is 4.57 Å². The lowest BCUT2D eigenvalue weighted by Crippen LogP contribution is -2.41.